The maximum Gasteiger partial charge on any atom is 0.323 e. The molecule has 0 aliphatic rings. The number of rotatable bonds is 2. The summed E-state index contributed by atoms with van der Waals surface area (Å²) in [6.45, 7) is 0. The van der Waals surface area contributed by atoms with E-state index in [0.29, 0.717) is 5.82 Å². The van der Waals surface area contributed by atoms with Crippen LogP contribution in [0.2, 0.25) is 0 Å². The van der Waals surface area contributed by atoms with Crippen molar-refractivity contribution in [2.24, 2.45) is 0 Å². The predicted molar refractivity (Wildman–Crippen MR) is 48.0 cm³/mol. The largest absolute Gasteiger partial charge is 0.323 e. The van der Waals surface area contributed by atoms with Gasteiger partial charge in [0.2, 0.25) is 0 Å². The van der Waals surface area contributed by atoms with Gasteiger partial charge in [-0.15, -0.1) is 0 Å². The van der Waals surface area contributed by atoms with Gasteiger partial charge in [-0.2, -0.15) is 5.10 Å². The van der Waals surface area contributed by atoms with Gasteiger partial charge in [0.15, 0.2) is 0 Å². The summed E-state index contributed by atoms with van der Waals surface area (Å²) in [6, 6.07) is 1.60. The minimum atomic E-state index is -0.417. The highest BCUT2D eigenvalue weighted by Crippen LogP contribution is 2.00. The molecule has 72 valence electrons. The lowest BCUT2D eigenvalue weighted by molar-refractivity contribution is 0.102. The van der Waals surface area contributed by atoms with Crippen molar-refractivity contribution in [2.75, 3.05) is 5.32 Å². The Morgan fingerprint density at radius 2 is 2.36 bits per heavy atom. The van der Waals surface area contributed by atoms with Crippen LogP contribution in [0.25, 0.3) is 0 Å². The van der Waals surface area contributed by atoms with E-state index in [-0.39, 0.29) is 5.69 Å². The summed E-state index contributed by atoms with van der Waals surface area (Å²) >= 11 is 0. The van der Waals surface area contributed by atoms with Crippen molar-refractivity contribution in [1.82, 2.24) is 20.2 Å². The molecule has 2 aromatic rings. The number of carbonyl (C=O) groups is 1. The molecular weight excluding hydrogens is 186 g/mol. The Bertz CT molecular complexity index is 480. The van der Waals surface area contributed by atoms with Crippen LogP contribution in [0.15, 0.2) is 23.3 Å². The Hall–Kier alpha value is -2.31. The molecule has 0 fully saturated rings. The number of hydrogen-bond acceptors (Lipinski definition) is 3. The molecule has 7 heteroatoms. The zero-order valence-electron chi connectivity index (χ0n) is 7.00. The highest BCUT2D eigenvalue weighted by Gasteiger charge is 2.07. The van der Waals surface area contributed by atoms with Crippen LogP contribution in [0.1, 0.15) is 10.5 Å². The van der Waals surface area contributed by atoms with Gasteiger partial charge in [-0.1, -0.05) is 0 Å². The maximum absolute atomic E-state index is 11.4. The molecule has 0 radical (unpaired) electrons. The number of H-pyrrole nitrogens is 3. The van der Waals surface area contributed by atoms with Crippen molar-refractivity contribution in [3.05, 3.63) is 34.6 Å². The van der Waals surface area contributed by atoms with Crippen LogP contribution in [-0.2, 0) is 0 Å². The van der Waals surface area contributed by atoms with E-state index in [1.54, 1.807) is 6.07 Å². The first-order valence-corrected chi connectivity index (χ1v) is 3.84. The topological polar surface area (TPSA) is 106 Å². The zero-order valence-corrected chi connectivity index (χ0v) is 7.00. The van der Waals surface area contributed by atoms with Gasteiger partial charge < -0.3 is 15.3 Å². The summed E-state index contributed by atoms with van der Waals surface area (Å²) in [5.74, 6) is 0.0599. The van der Waals surface area contributed by atoms with Gasteiger partial charge in [-0.05, 0) is 0 Å². The summed E-state index contributed by atoms with van der Waals surface area (Å²) < 4.78 is 0. The van der Waals surface area contributed by atoms with Crippen LogP contribution < -0.4 is 11.0 Å². The number of carbonyl (C=O) groups excluding carboxylic acids is 1. The molecule has 4 N–H and O–H groups in total. The highest BCUT2D eigenvalue weighted by atomic mass is 16.2. The van der Waals surface area contributed by atoms with E-state index in [2.05, 4.69) is 25.5 Å². The smallest absolute Gasteiger partial charge is 0.312 e. The SMILES string of the molecule is O=C(Nc1ccn[nH]1)c1c[nH]c(=O)[nH]1. The lowest BCUT2D eigenvalue weighted by Crippen LogP contribution is -2.14. The molecule has 2 heterocycles. The molecule has 0 saturated carbocycles. The number of aromatic amines is 3. The number of imidazole rings is 1. The van der Waals surface area contributed by atoms with Crippen molar-refractivity contribution < 1.29 is 4.79 Å². The molecule has 2 rings (SSSR count). The van der Waals surface area contributed by atoms with Crippen molar-refractivity contribution in [2.45, 2.75) is 0 Å². The first kappa shape index (κ1) is 8.30. The van der Waals surface area contributed by atoms with Crippen LogP contribution in [0.4, 0.5) is 5.82 Å². The Morgan fingerprint density at radius 1 is 1.50 bits per heavy atom. The van der Waals surface area contributed by atoms with E-state index in [1.165, 1.54) is 12.4 Å². The van der Waals surface area contributed by atoms with E-state index < -0.39 is 11.6 Å². The van der Waals surface area contributed by atoms with E-state index in [0.717, 1.165) is 0 Å². The molecule has 0 unspecified atom stereocenters. The van der Waals surface area contributed by atoms with Gasteiger partial charge >= 0.3 is 5.69 Å². The number of nitrogens with zero attached hydrogens (tertiary/aromatic N) is 1. The van der Waals surface area contributed by atoms with Gasteiger partial charge in [0.25, 0.3) is 5.91 Å². The van der Waals surface area contributed by atoms with E-state index in [1.807, 2.05) is 0 Å². The highest BCUT2D eigenvalue weighted by molar-refractivity contribution is 6.02. The van der Waals surface area contributed by atoms with Crippen LogP contribution in [0.5, 0.6) is 0 Å². The lowest BCUT2D eigenvalue weighted by atomic mass is 10.4. The zero-order chi connectivity index (χ0) is 9.97. The fourth-order valence-electron chi connectivity index (χ4n) is 0.970. The second-order valence-electron chi connectivity index (χ2n) is 2.58. The summed E-state index contributed by atoms with van der Waals surface area (Å²) in [7, 11) is 0. The van der Waals surface area contributed by atoms with Gasteiger partial charge in [0.05, 0.1) is 6.20 Å². The fourth-order valence-corrected chi connectivity index (χ4v) is 0.970. The normalized spacial score (nSPS) is 10.0. The number of amides is 1. The molecule has 7 nitrogen and oxygen atoms in total. The molecule has 0 aromatic carbocycles. The van der Waals surface area contributed by atoms with E-state index in [9.17, 15) is 9.59 Å². The van der Waals surface area contributed by atoms with Gasteiger partial charge in [0, 0.05) is 12.3 Å². The van der Waals surface area contributed by atoms with Gasteiger partial charge in [-0.25, -0.2) is 4.79 Å². The molecule has 0 aliphatic carbocycles. The van der Waals surface area contributed by atoms with Crippen molar-refractivity contribution in [3.63, 3.8) is 0 Å². The minimum absolute atomic E-state index is 0.171. The number of hydrogen-bond donors (Lipinski definition) is 4. The number of aromatic nitrogens is 4. The quantitative estimate of drug-likeness (QED) is 0.525. The molecule has 0 spiro atoms. The fraction of sp³-hybridized carbons (Fsp3) is 0. The number of anilines is 1. The molecule has 1 amide bonds. The van der Waals surface area contributed by atoms with E-state index >= 15 is 0 Å². The summed E-state index contributed by atoms with van der Waals surface area (Å²) in [5.41, 5.74) is -0.246. The number of nitrogens with one attached hydrogen (secondary N) is 4. The van der Waals surface area contributed by atoms with Gasteiger partial charge in [-0.3, -0.25) is 9.89 Å². The Kier molecular flexibility index (Phi) is 1.90. The third-order valence-corrected chi connectivity index (χ3v) is 1.59. The second-order valence-corrected chi connectivity index (χ2v) is 2.58. The molecule has 2 aromatic heterocycles. The maximum atomic E-state index is 11.4. The Balaban J connectivity index is 2.14. The summed E-state index contributed by atoms with van der Waals surface area (Å²) in [5, 5.41) is 8.72. The molecule has 0 aliphatic heterocycles. The van der Waals surface area contributed by atoms with Crippen LogP contribution in [0.3, 0.4) is 0 Å². The molecule has 0 saturated heterocycles. The van der Waals surface area contributed by atoms with Crippen LogP contribution in [0, 0.1) is 0 Å². The first-order valence-electron chi connectivity index (χ1n) is 3.84. The molecule has 14 heavy (non-hydrogen) atoms. The third kappa shape index (κ3) is 1.56. The van der Waals surface area contributed by atoms with Crippen molar-refractivity contribution >= 4 is 11.7 Å². The molecule has 0 bridgehead atoms. The average molecular weight is 193 g/mol. The summed E-state index contributed by atoms with van der Waals surface area (Å²) in [6.07, 6.45) is 2.81. The molecular formula is C7H7N5O2. The monoisotopic (exact) mass is 193 g/mol. The molecule has 0 atom stereocenters. The average Bonchev–Trinajstić information content (AvgIpc) is 2.75. The Labute approximate surface area is 77.6 Å². The Morgan fingerprint density at radius 3 is 2.93 bits per heavy atom. The summed E-state index contributed by atoms with van der Waals surface area (Å²) in [4.78, 5) is 26.7. The van der Waals surface area contributed by atoms with Crippen molar-refractivity contribution in [1.29, 1.82) is 0 Å². The third-order valence-electron chi connectivity index (χ3n) is 1.59. The first-order chi connectivity index (χ1) is 6.75. The second kappa shape index (κ2) is 3.21. The van der Waals surface area contributed by atoms with E-state index in [4.69, 9.17) is 0 Å². The standard InChI is InChI=1S/C7H7N5O2/c13-6(4-3-8-7(14)10-4)11-5-1-2-9-12-5/h1-3H,(H2,8,10,14)(H2,9,11,12,13). The lowest BCUT2D eigenvalue weighted by Gasteiger charge is -1.97. The predicted octanol–water partition coefficient (Wildman–Crippen LogP) is -0.322. The van der Waals surface area contributed by atoms with Crippen LogP contribution in [-0.4, -0.2) is 26.1 Å². The van der Waals surface area contributed by atoms with Gasteiger partial charge in [0.1, 0.15) is 11.5 Å². The van der Waals surface area contributed by atoms with Crippen LogP contribution >= 0.6 is 0 Å². The minimum Gasteiger partial charge on any atom is -0.312 e. The van der Waals surface area contributed by atoms with Crippen molar-refractivity contribution in [3.8, 4) is 0 Å².